The largest absolute Gasteiger partial charge is 0.497 e. The molecule has 0 fully saturated rings. The minimum absolute atomic E-state index is 0.159. The van der Waals surface area contributed by atoms with Crippen molar-refractivity contribution in [2.45, 2.75) is 13.3 Å². The molecule has 0 aromatic heterocycles. The van der Waals surface area contributed by atoms with Gasteiger partial charge >= 0.3 is 0 Å². The number of nitrogens with one attached hydrogen (secondary N) is 1. The van der Waals surface area contributed by atoms with Crippen molar-refractivity contribution >= 4 is 21.6 Å². The number of carbonyl (C=O) groups excluding carboxylic acids is 1. The van der Waals surface area contributed by atoms with Crippen LogP contribution < -0.4 is 14.4 Å². The summed E-state index contributed by atoms with van der Waals surface area (Å²) in [5.74, 6) is 0.405. The van der Waals surface area contributed by atoms with Crippen LogP contribution in [-0.4, -0.2) is 40.8 Å². The monoisotopic (exact) mass is 376 g/mol. The van der Waals surface area contributed by atoms with Crippen molar-refractivity contribution in [3.63, 3.8) is 0 Å². The Morgan fingerprint density at radius 1 is 1.08 bits per heavy atom. The molecule has 6 nitrogen and oxygen atoms in total. The van der Waals surface area contributed by atoms with Gasteiger partial charge in [-0.15, -0.1) is 0 Å². The van der Waals surface area contributed by atoms with Crippen LogP contribution in [0.15, 0.2) is 48.5 Å². The Labute approximate surface area is 154 Å². The van der Waals surface area contributed by atoms with E-state index in [0.717, 1.165) is 18.2 Å². The number of nitrogens with zero attached hydrogens (tertiary/aromatic N) is 1. The number of benzene rings is 2. The van der Waals surface area contributed by atoms with Crippen LogP contribution in [0.4, 0.5) is 5.69 Å². The zero-order chi connectivity index (χ0) is 19.2. The van der Waals surface area contributed by atoms with E-state index in [4.69, 9.17) is 4.74 Å². The van der Waals surface area contributed by atoms with Gasteiger partial charge in [0.05, 0.1) is 25.6 Å². The molecule has 0 aliphatic heterocycles. The lowest BCUT2D eigenvalue weighted by molar-refractivity contribution is 0.0955. The Kier molecular flexibility index (Phi) is 6.63. The summed E-state index contributed by atoms with van der Waals surface area (Å²) in [6.07, 6.45) is 2.04. The van der Waals surface area contributed by atoms with Crippen molar-refractivity contribution in [2.24, 2.45) is 0 Å². The van der Waals surface area contributed by atoms with Gasteiger partial charge in [0.2, 0.25) is 10.0 Å². The number of methoxy groups -OCH3 is 1. The first-order chi connectivity index (χ1) is 12.3. The van der Waals surface area contributed by atoms with E-state index in [1.54, 1.807) is 43.5 Å². The molecule has 26 heavy (non-hydrogen) atoms. The number of carbonyl (C=O) groups is 1. The van der Waals surface area contributed by atoms with Gasteiger partial charge in [-0.25, -0.2) is 8.42 Å². The van der Waals surface area contributed by atoms with Crippen LogP contribution in [0, 0.1) is 0 Å². The van der Waals surface area contributed by atoms with Gasteiger partial charge in [-0.2, -0.15) is 0 Å². The molecule has 0 bridgehead atoms. The second kappa shape index (κ2) is 8.71. The van der Waals surface area contributed by atoms with E-state index in [-0.39, 0.29) is 19.0 Å². The zero-order valence-corrected chi connectivity index (χ0v) is 16.0. The van der Waals surface area contributed by atoms with Crippen LogP contribution in [0.5, 0.6) is 5.75 Å². The second-order valence-corrected chi connectivity index (χ2v) is 7.75. The summed E-state index contributed by atoms with van der Waals surface area (Å²) in [4.78, 5) is 12.2. The highest BCUT2D eigenvalue weighted by Gasteiger charge is 2.17. The summed E-state index contributed by atoms with van der Waals surface area (Å²) < 4.78 is 30.6. The lowest BCUT2D eigenvalue weighted by atomic mass is 10.1. The molecule has 0 spiro atoms. The predicted molar refractivity (Wildman–Crippen MR) is 103 cm³/mol. The number of hydrogen-bond donors (Lipinski definition) is 1. The van der Waals surface area contributed by atoms with Gasteiger partial charge in [0.25, 0.3) is 5.91 Å². The Morgan fingerprint density at radius 2 is 1.69 bits per heavy atom. The van der Waals surface area contributed by atoms with Crippen molar-refractivity contribution in [3.05, 3.63) is 59.7 Å². The van der Waals surface area contributed by atoms with Gasteiger partial charge in [-0.3, -0.25) is 9.10 Å². The molecule has 0 radical (unpaired) electrons. The zero-order valence-electron chi connectivity index (χ0n) is 15.2. The molecule has 2 aromatic carbocycles. The van der Waals surface area contributed by atoms with Gasteiger partial charge in [0.1, 0.15) is 5.75 Å². The molecular weight excluding hydrogens is 352 g/mol. The summed E-state index contributed by atoms with van der Waals surface area (Å²) in [5, 5.41) is 2.75. The third-order valence-corrected chi connectivity index (χ3v) is 5.18. The van der Waals surface area contributed by atoms with Crippen LogP contribution >= 0.6 is 0 Å². The lowest BCUT2D eigenvalue weighted by Gasteiger charge is -2.22. The molecule has 1 amide bonds. The molecule has 0 heterocycles. The van der Waals surface area contributed by atoms with E-state index >= 15 is 0 Å². The quantitative estimate of drug-likeness (QED) is 0.768. The Balaban J connectivity index is 2.01. The van der Waals surface area contributed by atoms with Gasteiger partial charge in [-0.05, 0) is 48.4 Å². The van der Waals surface area contributed by atoms with E-state index in [1.807, 2.05) is 19.1 Å². The molecule has 140 valence electrons. The Hall–Kier alpha value is -2.54. The number of amides is 1. The first kappa shape index (κ1) is 19.8. The van der Waals surface area contributed by atoms with Crippen LogP contribution in [0.1, 0.15) is 22.8 Å². The maximum atomic E-state index is 12.2. The van der Waals surface area contributed by atoms with Crippen LogP contribution in [0.2, 0.25) is 0 Å². The third-order valence-electron chi connectivity index (χ3n) is 3.99. The highest BCUT2D eigenvalue weighted by atomic mass is 32.2. The van der Waals surface area contributed by atoms with E-state index < -0.39 is 10.0 Å². The highest BCUT2D eigenvalue weighted by Crippen LogP contribution is 2.18. The molecular formula is C19H24N2O4S. The molecule has 7 heteroatoms. The molecule has 0 saturated heterocycles. The number of ether oxygens (including phenoxy) is 1. The number of sulfonamides is 1. The van der Waals surface area contributed by atoms with Gasteiger partial charge in [0.15, 0.2) is 0 Å². The molecule has 1 N–H and O–H groups in total. The molecule has 2 aromatic rings. The first-order valence-corrected chi connectivity index (χ1v) is 10.2. The van der Waals surface area contributed by atoms with Gasteiger partial charge in [-0.1, -0.05) is 19.1 Å². The van der Waals surface area contributed by atoms with Crippen molar-refractivity contribution in [2.75, 3.05) is 30.8 Å². The van der Waals surface area contributed by atoms with Gasteiger partial charge in [0, 0.05) is 12.1 Å². The molecule has 0 unspecified atom stereocenters. The SMILES string of the molecule is CCc1ccc(N(CCNC(=O)c2ccc(OC)cc2)S(C)(=O)=O)cc1. The minimum atomic E-state index is -3.44. The molecule has 0 atom stereocenters. The fraction of sp³-hybridized carbons (Fsp3) is 0.316. The minimum Gasteiger partial charge on any atom is -0.497 e. The smallest absolute Gasteiger partial charge is 0.251 e. The average Bonchev–Trinajstić information content (AvgIpc) is 2.64. The molecule has 0 aliphatic carbocycles. The van der Waals surface area contributed by atoms with Crippen molar-refractivity contribution in [3.8, 4) is 5.75 Å². The van der Waals surface area contributed by atoms with Crippen molar-refractivity contribution in [1.82, 2.24) is 5.32 Å². The summed E-state index contributed by atoms with van der Waals surface area (Å²) in [5.41, 5.74) is 2.21. The van der Waals surface area contributed by atoms with Crippen LogP contribution in [-0.2, 0) is 16.4 Å². The summed E-state index contributed by atoms with van der Waals surface area (Å²) in [7, 11) is -1.89. The van der Waals surface area contributed by atoms with Gasteiger partial charge < -0.3 is 10.1 Å². The van der Waals surface area contributed by atoms with E-state index in [1.165, 1.54) is 4.31 Å². The second-order valence-electron chi connectivity index (χ2n) is 5.84. The van der Waals surface area contributed by atoms with E-state index in [0.29, 0.717) is 17.0 Å². The summed E-state index contributed by atoms with van der Waals surface area (Å²) in [6.45, 7) is 2.40. The number of hydrogen-bond acceptors (Lipinski definition) is 4. The summed E-state index contributed by atoms with van der Waals surface area (Å²) >= 11 is 0. The lowest BCUT2D eigenvalue weighted by Crippen LogP contribution is -2.38. The molecule has 0 saturated carbocycles. The predicted octanol–water partition coefficient (Wildman–Crippen LogP) is 2.45. The van der Waals surface area contributed by atoms with Crippen LogP contribution in [0.25, 0.3) is 0 Å². The highest BCUT2D eigenvalue weighted by molar-refractivity contribution is 7.92. The fourth-order valence-electron chi connectivity index (χ4n) is 2.50. The van der Waals surface area contributed by atoms with E-state index in [9.17, 15) is 13.2 Å². The Bertz CT molecular complexity index is 831. The average molecular weight is 376 g/mol. The maximum absolute atomic E-state index is 12.2. The molecule has 0 aliphatic rings. The van der Waals surface area contributed by atoms with Crippen molar-refractivity contribution < 1.29 is 17.9 Å². The third kappa shape index (κ3) is 5.23. The Morgan fingerprint density at radius 3 is 2.19 bits per heavy atom. The number of rotatable bonds is 8. The number of anilines is 1. The first-order valence-electron chi connectivity index (χ1n) is 8.34. The normalized spacial score (nSPS) is 11.0. The standard InChI is InChI=1S/C19H24N2O4S/c1-4-15-5-9-17(10-6-15)21(26(3,23)24)14-13-20-19(22)16-7-11-18(25-2)12-8-16/h5-12H,4,13-14H2,1-3H3,(H,20,22). The maximum Gasteiger partial charge on any atom is 0.251 e. The van der Waals surface area contributed by atoms with E-state index in [2.05, 4.69) is 5.32 Å². The fourth-order valence-corrected chi connectivity index (χ4v) is 3.43. The number of aryl methyl sites for hydroxylation is 1. The molecule has 2 rings (SSSR count). The summed E-state index contributed by atoms with van der Waals surface area (Å²) in [6, 6.07) is 14.1. The van der Waals surface area contributed by atoms with Crippen molar-refractivity contribution in [1.29, 1.82) is 0 Å². The van der Waals surface area contributed by atoms with Crippen LogP contribution in [0.3, 0.4) is 0 Å². The topological polar surface area (TPSA) is 75.7 Å².